The van der Waals surface area contributed by atoms with Gasteiger partial charge >= 0.3 is 0 Å². The maximum absolute atomic E-state index is 5.62. The van der Waals surface area contributed by atoms with Gasteiger partial charge in [-0.25, -0.2) is 4.98 Å². The summed E-state index contributed by atoms with van der Waals surface area (Å²) in [7, 11) is 0. The number of aromatic nitrogens is 2. The Hall–Kier alpha value is -1.16. The minimum absolute atomic E-state index is 0.465. The van der Waals surface area contributed by atoms with Crippen molar-refractivity contribution in [2.75, 3.05) is 11.4 Å². The molecule has 1 atom stereocenters. The molecule has 0 saturated carbocycles. The van der Waals surface area contributed by atoms with Crippen molar-refractivity contribution in [3.8, 4) is 0 Å². The molecule has 1 aliphatic rings. The molecule has 0 radical (unpaired) electrons. The summed E-state index contributed by atoms with van der Waals surface area (Å²) in [5.41, 5.74) is 6.50. The topological polar surface area (TPSA) is 55.0 Å². The molecule has 1 aliphatic heterocycles. The molecular weight excluding hydrogens is 212 g/mol. The predicted octanol–water partition coefficient (Wildman–Crippen LogP) is 2.09. The first-order valence-corrected chi connectivity index (χ1v) is 6.62. The van der Waals surface area contributed by atoms with Gasteiger partial charge in [0.1, 0.15) is 5.82 Å². The molecule has 1 aromatic heterocycles. The van der Waals surface area contributed by atoms with Crippen LogP contribution < -0.4 is 10.6 Å². The van der Waals surface area contributed by atoms with E-state index in [2.05, 4.69) is 21.8 Å². The van der Waals surface area contributed by atoms with Gasteiger partial charge in [-0.3, -0.25) is 4.98 Å². The van der Waals surface area contributed by atoms with Gasteiger partial charge < -0.3 is 10.6 Å². The van der Waals surface area contributed by atoms with Gasteiger partial charge in [-0.05, 0) is 25.7 Å². The number of anilines is 1. The second-order valence-corrected chi connectivity index (χ2v) is 4.70. The van der Waals surface area contributed by atoms with Crippen LogP contribution in [0.1, 0.15) is 44.7 Å². The van der Waals surface area contributed by atoms with E-state index in [0.717, 1.165) is 18.1 Å². The number of nitrogens with two attached hydrogens (primary N) is 1. The fraction of sp³-hybridized carbons (Fsp3) is 0.692. The lowest BCUT2D eigenvalue weighted by molar-refractivity contribution is 0.431. The lowest BCUT2D eigenvalue weighted by atomic mass is 9.98. The molecule has 17 heavy (non-hydrogen) atoms. The van der Waals surface area contributed by atoms with Crippen molar-refractivity contribution in [2.45, 2.75) is 51.6 Å². The van der Waals surface area contributed by atoms with Crippen LogP contribution in [-0.2, 0) is 6.54 Å². The van der Waals surface area contributed by atoms with E-state index in [1.54, 1.807) is 6.20 Å². The molecule has 2 heterocycles. The highest BCUT2D eigenvalue weighted by Crippen LogP contribution is 2.25. The standard InChI is InChI=1S/C13H22N4/c1-2-5-12-6-3-4-7-17(12)13-10-15-9-11(8-14)16-13/h9-10,12H,2-8,14H2,1H3. The highest BCUT2D eigenvalue weighted by molar-refractivity contribution is 5.38. The SMILES string of the molecule is CCCC1CCCCN1c1cncc(CN)n1. The molecule has 4 heteroatoms. The Bertz CT molecular complexity index is 351. The van der Waals surface area contributed by atoms with Crippen molar-refractivity contribution < 1.29 is 0 Å². The van der Waals surface area contributed by atoms with Crippen LogP contribution in [0.5, 0.6) is 0 Å². The zero-order chi connectivity index (χ0) is 12.1. The summed E-state index contributed by atoms with van der Waals surface area (Å²) in [6.45, 7) is 3.81. The molecule has 0 aromatic carbocycles. The van der Waals surface area contributed by atoms with Gasteiger partial charge in [0.25, 0.3) is 0 Å². The summed E-state index contributed by atoms with van der Waals surface area (Å²) < 4.78 is 0. The number of nitrogens with zero attached hydrogens (tertiary/aromatic N) is 3. The zero-order valence-electron chi connectivity index (χ0n) is 10.6. The van der Waals surface area contributed by atoms with Gasteiger partial charge in [0.2, 0.25) is 0 Å². The summed E-state index contributed by atoms with van der Waals surface area (Å²) in [6.07, 6.45) is 9.97. The minimum atomic E-state index is 0.465. The zero-order valence-corrected chi connectivity index (χ0v) is 10.6. The van der Waals surface area contributed by atoms with Crippen LogP contribution in [0.25, 0.3) is 0 Å². The molecule has 1 fully saturated rings. The van der Waals surface area contributed by atoms with Gasteiger partial charge in [0, 0.05) is 25.3 Å². The van der Waals surface area contributed by atoms with Crippen LogP contribution >= 0.6 is 0 Å². The Balaban J connectivity index is 2.16. The maximum Gasteiger partial charge on any atom is 0.147 e. The van der Waals surface area contributed by atoms with Crippen LogP contribution in [0.2, 0.25) is 0 Å². The average Bonchev–Trinajstić information content (AvgIpc) is 2.40. The van der Waals surface area contributed by atoms with E-state index in [1.807, 2.05) is 6.20 Å². The van der Waals surface area contributed by atoms with Crippen molar-refractivity contribution >= 4 is 5.82 Å². The first-order chi connectivity index (χ1) is 8.35. The lowest BCUT2D eigenvalue weighted by Crippen LogP contribution is -2.40. The maximum atomic E-state index is 5.62. The van der Waals surface area contributed by atoms with E-state index in [0.29, 0.717) is 12.6 Å². The molecule has 0 aliphatic carbocycles. The quantitative estimate of drug-likeness (QED) is 0.866. The van der Waals surface area contributed by atoms with Gasteiger partial charge in [0.15, 0.2) is 0 Å². The van der Waals surface area contributed by atoms with Crippen LogP contribution in [0, 0.1) is 0 Å². The molecule has 4 nitrogen and oxygen atoms in total. The van der Waals surface area contributed by atoms with Gasteiger partial charge in [0.05, 0.1) is 11.9 Å². The highest BCUT2D eigenvalue weighted by atomic mass is 15.2. The number of hydrogen-bond acceptors (Lipinski definition) is 4. The molecular formula is C13H22N4. The molecule has 2 N–H and O–H groups in total. The molecule has 1 unspecified atom stereocenters. The van der Waals surface area contributed by atoms with Gasteiger partial charge in [-0.2, -0.15) is 0 Å². The van der Waals surface area contributed by atoms with Gasteiger partial charge in [-0.15, -0.1) is 0 Å². The van der Waals surface area contributed by atoms with E-state index in [4.69, 9.17) is 5.73 Å². The van der Waals surface area contributed by atoms with E-state index >= 15 is 0 Å². The molecule has 0 bridgehead atoms. The molecule has 2 rings (SSSR count). The monoisotopic (exact) mass is 234 g/mol. The number of piperidine rings is 1. The molecule has 94 valence electrons. The number of rotatable bonds is 4. The van der Waals surface area contributed by atoms with Crippen LogP contribution in [0.3, 0.4) is 0 Å². The Labute approximate surface area is 103 Å². The summed E-state index contributed by atoms with van der Waals surface area (Å²) in [5, 5.41) is 0. The first kappa shape index (κ1) is 12.3. The average molecular weight is 234 g/mol. The smallest absolute Gasteiger partial charge is 0.147 e. The summed E-state index contributed by atoms with van der Waals surface area (Å²) in [6, 6.07) is 0.635. The van der Waals surface area contributed by atoms with E-state index < -0.39 is 0 Å². The lowest BCUT2D eigenvalue weighted by Gasteiger charge is -2.36. The Morgan fingerprint density at radius 3 is 3.06 bits per heavy atom. The van der Waals surface area contributed by atoms with Crippen molar-refractivity contribution in [1.82, 2.24) is 9.97 Å². The third kappa shape index (κ3) is 2.94. The molecule has 1 aromatic rings. The Morgan fingerprint density at radius 1 is 1.41 bits per heavy atom. The minimum Gasteiger partial charge on any atom is -0.352 e. The van der Waals surface area contributed by atoms with Crippen molar-refractivity contribution in [1.29, 1.82) is 0 Å². The highest BCUT2D eigenvalue weighted by Gasteiger charge is 2.22. The Kier molecular flexibility index (Phi) is 4.31. The largest absolute Gasteiger partial charge is 0.352 e. The van der Waals surface area contributed by atoms with E-state index in [9.17, 15) is 0 Å². The molecule has 0 spiro atoms. The van der Waals surface area contributed by atoms with Crippen LogP contribution in [0.15, 0.2) is 12.4 Å². The normalized spacial score (nSPS) is 20.6. The first-order valence-electron chi connectivity index (χ1n) is 6.62. The molecule has 1 saturated heterocycles. The van der Waals surface area contributed by atoms with Crippen LogP contribution in [0.4, 0.5) is 5.82 Å². The third-order valence-electron chi connectivity index (χ3n) is 3.42. The fourth-order valence-corrected chi connectivity index (χ4v) is 2.57. The van der Waals surface area contributed by atoms with Gasteiger partial charge in [-0.1, -0.05) is 13.3 Å². The fourth-order valence-electron chi connectivity index (χ4n) is 2.57. The molecule has 0 amide bonds. The Morgan fingerprint density at radius 2 is 2.29 bits per heavy atom. The predicted molar refractivity (Wildman–Crippen MR) is 69.8 cm³/mol. The van der Waals surface area contributed by atoms with Crippen molar-refractivity contribution in [3.05, 3.63) is 18.1 Å². The summed E-state index contributed by atoms with van der Waals surface area (Å²) >= 11 is 0. The van der Waals surface area contributed by atoms with Crippen LogP contribution in [-0.4, -0.2) is 22.6 Å². The van der Waals surface area contributed by atoms with E-state index in [1.165, 1.54) is 32.1 Å². The second kappa shape index (κ2) is 5.96. The summed E-state index contributed by atoms with van der Waals surface area (Å²) in [5.74, 6) is 1.01. The summed E-state index contributed by atoms with van der Waals surface area (Å²) in [4.78, 5) is 11.2. The van der Waals surface area contributed by atoms with Crippen molar-refractivity contribution in [3.63, 3.8) is 0 Å². The number of hydrogen-bond donors (Lipinski definition) is 1. The van der Waals surface area contributed by atoms with E-state index in [-0.39, 0.29) is 0 Å². The van der Waals surface area contributed by atoms with Crippen molar-refractivity contribution in [2.24, 2.45) is 5.73 Å². The third-order valence-corrected chi connectivity index (χ3v) is 3.42. The second-order valence-electron chi connectivity index (χ2n) is 4.70.